The van der Waals surface area contributed by atoms with Crippen LogP contribution in [0.3, 0.4) is 0 Å². The Bertz CT molecular complexity index is 510. The van der Waals surface area contributed by atoms with Crippen molar-refractivity contribution in [2.24, 2.45) is 0 Å². The Hall–Kier alpha value is -1.16. The molecule has 2 aromatic rings. The molecule has 19 heavy (non-hydrogen) atoms. The molecule has 0 radical (unpaired) electrons. The minimum Gasteiger partial charge on any atom is -0.372 e. The minimum absolute atomic E-state index is 0.625. The van der Waals surface area contributed by atoms with Crippen molar-refractivity contribution in [2.75, 3.05) is 7.05 Å². The highest BCUT2D eigenvalue weighted by atomic mass is 79.9. The highest BCUT2D eigenvalue weighted by Crippen LogP contribution is 2.17. The summed E-state index contributed by atoms with van der Waals surface area (Å²) >= 11 is 3.52. The van der Waals surface area contributed by atoms with Crippen molar-refractivity contribution in [1.29, 1.82) is 0 Å². The summed E-state index contributed by atoms with van der Waals surface area (Å²) in [5.41, 5.74) is 3.67. The van der Waals surface area contributed by atoms with Gasteiger partial charge in [0.05, 0.1) is 13.2 Å². The molecule has 0 fully saturated rings. The smallest absolute Gasteiger partial charge is 0.0732 e. The fourth-order valence-corrected chi connectivity index (χ4v) is 2.25. The lowest BCUT2D eigenvalue weighted by Gasteiger charge is -2.07. The summed E-state index contributed by atoms with van der Waals surface area (Å²) in [6, 6.07) is 16.6. The largest absolute Gasteiger partial charge is 0.372 e. The summed E-state index contributed by atoms with van der Waals surface area (Å²) in [7, 11) is 1.95. The molecular formula is C16H18BrNO. The summed E-state index contributed by atoms with van der Waals surface area (Å²) < 4.78 is 6.84. The van der Waals surface area contributed by atoms with Crippen LogP contribution in [0.25, 0.3) is 0 Å². The molecule has 2 rings (SSSR count). The normalized spacial score (nSPS) is 10.6. The molecule has 0 amide bonds. The molecule has 0 bridgehead atoms. The standard InChI is InChI=1S/C16H18BrNO/c1-18-10-13-6-8-14(9-7-13)11-19-12-15-4-2-3-5-16(15)17/h2-9,18H,10-12H2,1H3. The number of halogens is 1. The molecule has 100 valence electrons. The summed E-state index contributed by atoms with van der Waals surface area (Å²) in [4.78, 5) is 0. The summed E-state index contributed by atoms with van der Waals surface area (Å²) in [6.45, 7) is 2.17. The van der Waals surface area contributed by atoms with Gasteiger partial charge in [-0.2, -0.15) is 0 Å². The molecule has 0 aliphatic rings. The summed E-state index contributed by atoms with van der Waals surface area (Å²) in [5, 5.41) is 3.14. The molecule has 0 atom stereocenters. The molecule has 3 heteroatoms. The van der Waals surface area contributed by atoms with E-state index in [1.165, 1.54) is 16.7 Å². The van der Waals surface area contributed by atoms with Gasteiger partial charge in [0.15, 0.2) is 0 Å². The van der Waals surface area contributed by atoms with Crippen LogP contribution < -0.4 is 5.32 Å². The van der Waals surface area contributed by atoms with Crippen LogP contribution in [0, 0.1) is 0 Å². The van der Waals surface area contributed by atoms with Crippen LogP contribution >= 0.6 is 15.9 Å². The van der Waals surface area contributed by atoms with Gasteiger partial charge in [0.1, 0.15) is 0 Å². The number of hydrogen-bond acceptors (Lipinski definition) is 2. The molecule has 1 N–H and O–H groups in total. The van der Waals surface area contributed by atoms with E-state index >= 15 is 0 Å². The first-order valence-electron chi connectivity index (χ1n) is 6.33. The maximum atomic E-state index is 5.74. The van der Waals surface area contributed by atoms with Gasteiger partial charge in [0.25, 0.3) is 0 Å². The Labute approximate surface area is 122 Å². The van der Waals surface area contributed by atoms with Crippen LogP contribution in [-0.2, 0) is 24.5 Å². The van der Waals surface area contributed by atoms with Gasteiger partial charge >= 0.3 is 0 Å². The van der Waals surface area contributed by atoms with Crippen LogP contribution in [0.4, 0.5) is 0 Å². The molecule has 0 spiro atoms. The van der Waals surface area contributed by atoms with Crippen molar-refractivity contribution in [2.45, 2.75) is 19.8 Å². The second kappa shape index (κ2) is 7.43. The highest BCUT2D eigenvalue weighted by molar-refractivity contribution is 9.10. The van der Waals surface area contributed by atoms with Crippen molar-refractivity contribution in [1.82, 2.24) is 5.32 Å². The van der Waals surface area contributed by atoms with Gasteiger partial charge in [0, 0.05) is 11.0 Å². The predicted molar refractivity (Wildman–Crippen MR) is 81.8 cm³/mol. The van der Waals surface area contributed by atoms with Gasteiger partial charge in [-0.05, 0) is 29.8 Å². The van der Waals surface area contributed by atoms with Crippen molar-refractivity contribution >= 4 is 15.9 Å². The van der Waals surface area contributed by atoms with Gasteiger partial charge in [-0.15, -0.1) is 0 Å². The Morgan fingerprint density at radius 2 is 1.63 bits per heavy atom. The molecular weight excluding hydrogens is 302 g/mol. The number of hydrogen-bond donors (Lipinski definition) is 1. The summed E-state index contributed by atoms with van der Waals surface area (Å²) in [5.74, 6) is 0. The van der Waals surface area contributed by atoms with E-state index in [9.17, 15) is 0 Å². The monoisotopic (exact) mass is 319 g/mol. The van der Waals surface area contributed by atoms with E-state index in [1.807, 2.05) is 25.2 Å². The molecule has 0 saturated carbocycles. The first-order valence-corrected chi connectivity index (χ1v) is 7.12. The van der Waals surface area contributed by atoms with Gasteiger partial charge in [0.2, 0.25) is 0 Å². The van der Waals surface area contributed by atoms with Gasteiger partial charge in [-0.25, -0.2) is 0 Å². The van der Waals surface area contributed by atoms with Crippen molar-refractivity contribution in [3.8, 4) is 0 Å². The zero-order valence-electron chi connectivity index (χ0n) is 11.0. The lowest BCUT2D eigenvalue weighted by atomic mass is 10.1. The van der Waals surface area contributed by atoms with E-state index < -0.39 is 0 Å². The van der Waals surface area contributed by atoms with Crippen molar-refractivity contribution in [3.05, 3.63) is 69.7 Å². The van der Waals surface area contributed by atoms with E-state index in [0.717, 1.165) is 11.0 Å². The second-order valence-corrected chi connectivity index (χ2v) is 5.29. The lowest BCUT2D eigenvalue weighted by Crippen LogP contribution is -2.04. The number of rotatable bonds is 6. The van der Waals surface area contributed by atoms with Crippen LogP contribution in [-0.4, -0.2) is 7.05 Å². The van der Waals surface area contributed by atoms with Gasteiger partial charge in [-0.1, -0.05) is 58.4 Å². The zero-order valence-corrected chi connectivity index (χ0v) is 12.6. The molecule has 0 saturated heterocycles. The van der Waals surface area contributed by atoms with Gasteiger partial charge < -0.3 is 10.1 Å². The molecule has 2 aromatic carbocycles. The van der Waals surface area contributed by atoms with Crippen molar-refractivity contribution < 1.29 is 4.74 Å². The number of benzene rings is 2. The average molecular weight is 320 g/mol. The summed E-state index contributed by atoms with van der Waals surface area (Å²) in [6.07, 6.45) is 0. The quantitative estimate of drug-likeness (QED) is 0.872. The van der Waals surface area contributed by atoms with Crippen LogP contribution in [0.15, 0.2) is 53.0 Å². The van der Waals surface area contributed by atoms with Crippen LogP contribution in [0.2, 0.25) is 0 Å². The van der Waals surface area contributed by atoms with E-state index in [0.29, 0.717) is 13.2 Å². The predicted octanol–water partition coefficient (Wildman–Crippen LogP) is 3.89. The third-order valence-corrected chi connectivity index (χ3v) is 3.66. The maximum Gasteiger partial charge on any atom is 0.0732 e. The Morgan fingerprint density at radius 1 is 0.947 bits per heavy atom. The third-order valence-electron chi connectivity index (χ3n) is 2.89. The Kier molecular flexibility index (Phi) is 5.58. The first kappa shape index (κ1) is 14.3. The molecule has 0 heterocycles. The lowest BCUT2D eigenvalue weighted by molar-refractivity contribution is 0.107. The first-order chi connectivity index (χ1) is 9.29. The fourth-order valence-electron chi connectivity index (χ4n) is 1.85. The number of ether oxygens (including phenoxy) is 1. The molecule has 0 aromatic heterocycles. The second-order valence-electron chi connectivity index (χ2n) is 4.43. The van der Waals surface area contributed by atoms with Gasteiger partial charge in [-0.3, -0.25) is 0 Å². The van der Waals surface area contributed by atoms with E-state index in [2.05, 4.69) is 51.6 Å². The number of nitrogens with one attached hydrogen (secondary N) is 1. The maximum absolute atomic E-state index is 5.74. The van der Waals surface area contributed by atoms with E-state index in [-0.39, 0.29) is 0 Å². The molecule has 0 aliphatic carbocycles. The highest BCUT2D eigenvalue weighted by Gasteiger charge is 1.99. The fraction of sp³-hybridized carbons (Fsp3) is 0.250. The Morgan fingerprint density at radius 3 is 2.32 bits per heavy atom. The van der Waals surface area contributed by atoms with E-state index in [4.69, 9.17) is 4.74 Å². The third kappa shape index (κ3) is 4.46. The van der Waals surface area contributed by atoms with Crippen molar-refractivity contribution in [3.63, 3.8) is 0 Å². The van der Waals surface area contributed by atoms with Crippen LogP contribution in [0.5, 0.6) is 0 Å². The minimum atomic E-state index is 0.625. The average Bonchev–Trinajstić information content (AvgIpc) is 2.43. The Balaban J connectivity index is 1.84. The van der Waals surface area contributed by atoms with Crippen LogP contribution in [0.1, 0.15) is 16.7 Å². The SMILES string of the molecule is CNCc1ccc(COCc2ccccc2Br)cc1. The molecule has 2 nitrogen and oxygen atoms in total. The zero-order chi connectivity index (χ0) is 13.5. The molecule has 0 aliphatic heterocycles. The topological polar surface area (TPSA) is 21.3 Å². The molecule has 0 unspecified atom stereocenters. The van der Waals surface area contributed by atoms with E-state index in [1.54, 1.807) is 0 Å².